The Kier molecular flexibility index (Phi) is 4.85. The van der Waals surface area contributed by atoms with Crippen molar-refractivity contribution >= 4 is 6.03 Å². The van der Waals surface area contributed by atoms with Crippen molar-refractivity contribution in [1.82, 2.24) is 10.6 Å². The summed E-state index contributed by atoms with van der Waals surface area (Å²) in [5.41, 5.74) is 0. The molecule has 1 aliphatic carbocycles. The van der Waals surface area contributed by atoms with Gasteiger partial charge in [-0.3, -0.25) is 0 Å². The SMILES string of the molecule is CC(CC(O)c1ccco1)NC(=O)NC1CCCC1. The number of hydrogen-bond acceptors (Lipinski definition) is 3. The van der Waals surface area contributed by atoms with E-state index < -0.39 is 6.10 Å². The van der Waals surface area contributed by atoms with Crippen molar-refractivity contribution < 1.29 is 14.3 Å². The number of carbonyl (C=O) groups excluding carboxylic acids is 1. The highest BCUT2D eigenvalue weighted by atomic mass is 16.4. The van der Waals surface area contributed by atoms with E-state index in [9.17, 15) is 9.90 Å². The van der Waals surface area contributed by atoms with Crippen molar-refractivity contribution in [2.75, 3.05) is 0 Å². The molecule has 0 radical (unpaired) electrons. The first-order valence-corrected chi connectivity index (χ1v) is 6.93. The molecular weight excluding hydrogens is 244 g/mol. The molecule has 1 aromatic heterocycles. The summed E-state index contributed by atoms with van der Waals surface area (Å²) in [5, 5.41) is 15.7. The Morgan fingerprint density at radius 2 is 2.26 bits per heavy atom. The number of aliphatic hydroxyl groups excluding tert-OH is 1. The van der Waals surface area contributed by atoms with Crippen LogP contribution >= 0.6 is 0 Å². The topological polar surface area (TPSA) is 74.5 Å². The molecule has 5 nitrogen and oxygen atoms in total. The zero-order chi connectivity index (χ0) is 13.7. The maximum Gasteiger partial charge on any atom is 0.315 e. The molecule has 1 aromatic rings. The molecule has 3 N–H and O–H groups in total. The van der Waals surface area contributed by atoms with Crippen molar-refractivity contribution in [1.29, 1.82) is 0 Å². The van der Waals surface area contributed by atoms with Crippen LogP contribution in [0.3, 0.4) is 0 Å². The summed E-state index contributed by atoms with van der Waals surface area (Å²) < 4.78 is 5.13. The van der Waals surface area contributed by atoms with E-state index in [4.69, 9.17) is 4.42 Å². The van der Waals surface area contributed by atoms with Crippen molar-refractivity contribution in [3.8, 4) is 0 Å². The number of nitrogens with one attached hydrogen (secondary N) is 2. The van der Waals surface area contributed by atoms with E-state index in [-0.39, 0.29) is 12.1 Å². The molecule has 0 saturated heterocycles. The molecule has 1 aliphatic rings. The summed E-state index contributed by atoms with van der Waals surface area (Å²) in [6.07, 6.45) is 5.80. The number of rotatable bonds is 5. The minimum Gasteiger partial charge on any atom is -0.467 e. The number of urea groups is 1. The van der Waals surface area contributed by atoms with Gasteiger partial charge in [0.1, 0.15) is 11.9 Å². The van der Waals surface area contributed by atoms with E-state index in [2.05, 4.69) is 10.6 Å². The van der Waals surface area contributed by atoms with Gasteiger partial charge in [-0.15, -0.1) is 0 Å². The lowest BCUT2D eigenvalue weighted by molar-refractivity contribution is 0.129. The fourth-order valence-corrected chi connectivity index (χ4v) is 2.51. The van der Waals surface area contributed by atoms with E-state index in [0.29, 0.717) is 18.2 Å². The summed E-state index contributed by atoms with van der Waals surface area (Å²) in [6.45, 7) is 1.88. The van der Waals surface area contributed by atoms with E-state index in [1.807, 2.05) is 6.92 Å². The number of furan rings is 1. The average molecular weight is 266 g/mol. The molecule has 0 bridgehead atoms. The second-order valence-electron chi connectivity index (χ2n) is 5.27. The van der Waals surface area contributed by atoms with Crippen LogP contribution < -0.4 is 10.6 Å². The van der Waals surface area contributed by atoms with Crippen LogP contribution in [0.25, 0.3) is 0 Å². The largest absolute Gasteiger partial charge is 0.467 e. The monoisotopic (exact) mass is 266 g/mol. The number of aliphatic hydroxyl groups is 1. The third-order valence-electron chi connectivity index (χ3n) is 3.52. The van der Waals surface area contributed by atoms with Gasteiger partial charge in [0.25, 0.3) is 0 Å². The maximum atomic E-state index is 11.8. The molecule has 2 rings (SSSR count). The lowest BCUT2D eigenvalue weighted by atomic mass is 10.1. The normalized spacial score (nSPS) is 19.1. The molecule has 2 unspecified atom stereocenters. The fraction of sp³-hybridized carbons (Fsp3) is 0.643. The van der Waals surface area contributed by atoms with Crippen molar-refractivity contribution in [3.05, 3.63) is 24.2 Å². The van der Waals surface area contributed by atoms with Gasteiger partial charge in [-0.2, -0.15) is 0 Å². The first kappa shape index (κ1) is 13.9. The number of hydrogen-bond donors (Lipinski definition) is 3. The van der Waals surface area contributed by atoms with Crippen LogP contribution in [0, 0.1) is 0 Å². The molecule has 0 aromatic carbocycles. The van der Waals surface area contributed by atoms with E-state index in [1.54, 1.807) is 12.1 Å². The first-order chi connectivity index (χ1) is 9.15. The van der Waals surface area contributed by atoms with Crippen molar-refractivity contribution in [3.63, 3.8) is 0 Å². The molecule has 19 heavy (non-hydrogen) atoms. The summed E-state index contributed by atoms with van der Waals surface area (Å²) in [6, 6.07) is 3.52. The van der Waals surface area contributed by atoms with Gasteiger partial charge in [0.05, 0.1) is 6.26 Å². The summed E-state index contributed by atoms with van der Waals surface area (Å²) in [5.74, 6) is 0.532. The zero-order valence-electron chi connectivity index (χ0n) is 11.3. The molecule has 2 atom stereocenters. The van der Waals surface area contributed by atoms with Crippen LogP contribution in [0.15, 0.2) is 22.8 Å². The van der Waals surface area contributed by atoms with Gasteiger partial charge in [0.15, 0.2) is 0 Å². The Morgan fingerprint density at radius 3 is 2.89 bits per heavy atom. The fourth-order valence-electron chi connectivity index (χ4n) is 2.51. The van der Waals surface area contributed by atoms with Crippen molar-refractivity contribution in [2.24, 2.45) is 0 Å². The van der Waals surface area contributed by atoms with E-state index >= 15 is 0 Å². The standard InChI is InChI=1S/C14H22N2O3/c1-10(9-12(17)13-7-4-8-19-13)15-14(18)16-11-5-2-3-6-11/h4,7-8,10-12,17H,2-3,5-6,9H2,1H3,(H2,15,16,18). The quantitative estimate of drug-likeness (QED) is 0.765. The van der Waals surface area contributed by atoms with Gasteiger partial charge >= 0.3 is 6.03 Å². The molecule has 106 valence electrons. The molecule has 2 amide bonds. The highest BCUT2D eigenvalue weighted by Gasteiger charge is 2.19. The molecule has 0 aliphatic heterocycles. The second kappa shape index (κ2) is 6.61. The predicted octanol–water partition coefficient (Wildman–Crippen LogP) is 2.33. The predicted molar refractivity (Wildman–Crippen MR) is 71.7 cm³/mol. The molecule has 1 heterocycles. The molecule has 5 heteroatoms. The average Bonchev–Trinajstić information content (AvgIpc) is 3.00. The van der Waals surface area contributed by atoms with Gasteiger partial charge in [-0.05, 0) is 31.9 Å². The van der Waals surface area contributed by atoms with Crippen LogP contribution in [-0.2, 0) is 0 Å². The van der Waals surface area contributed by atoms with Gasteiger partial charge < -0.3 is 20.2 Å². The highest BCUT2D eigenvalue weighted by Crippen LogP contribution is 2.19. The third-order valence-corrected chi connectivity index (χ3v) is 3.52. The first-order valence-electron chi connectivity index (χ1n) is 6.93. The maximum absolute atomic E-state index is 11.8. The Labute approximate surface area is 113 Å². The lowest BCUT2D eigenvalue weighted by Gasteiger charge is -2.19. The summed E-state index contributed by atoms with van der Waals surface area (Å²) >= 11 is 0. The highest BCUT2D eigenvalue weighted by molar-refractivity contribution is 5.74. The Hall–Kier alpha value is -1.49. The molecule has 1 fully saturated rings. The van der Waals surface area contributed by atoms with Crippen LogP contribution in [0.1, 0.15) is 50.9 Å². The van der Waals surface area contributed by atoms with E-state index in [1.165, 1.54) is 19.1 Å². The van der Waals surface area contributed by atoms with Gasteiger partial charge in [-0.25, -0.2) is 4.79 Å². The summed E-state index contributed by atoms with van der Waals surface area (Å²) in [4.78, 5) is 11.8. The van der Waals surface area contributed by atoms with Crippen LogP contribution in [0.4, 0.5) is 4.79 Å². The van der Waals surface area contributed by atoms with Gasteiger partial charge in [0, 0.05) is 18.5 Å². The van der Waals surface area contributed by atoms with Gasteiger partial charge in [0.2, 0.25) is 0 Å². The summed E-state index contributed by atoms with van der Waals surface area (Å²) in [7, 11) is 0. The Balaban J connectivity index is 1.71. The molecule has 0 spiro atoms. The van der Waals surface area contributed by atoms with E-state index in [0.717, 1.165) is 12.8 Å². The minimum absolute atomic E-state index is 0.110. The number of carbonyl (C=O) groups is 1. The molecule has 1 saturated carbocycles. The molecular formula is C14H22N2O3. The lowest BCUT2D eigenvalue weighted by Crippen LogP contribution is -2.44. The zero-order valence-corrected chi connectivity index (χ0v) is 11.3. The Bertz CT molecular complexity index is 385. The van der Waals surface area contributed by atoms with Crippen molar-refractivity contribution in [2.45, 2.75) is 57.2 Å². The van der Waals surface area contributed by atoms with Crippen LogP contribution in [0.2, 0.25) is 0 Å². The third kappa shape index (κ3) is 4.28. The van der Waals surface area contributed by atoms with Crippen LogP contribution in [-0.4, -0.2) is 23.2 Å². The Morgan fingerprint density at radius 1 is 1.53 bits per heavy atom. The second-order valence-corrected chi connectivity index (χ2v) is 5.27. The smallest absolute Gasteiger partial charge is 0.315 e. The van der Waals surface area contributed by atoms with Crippen LogP contribution in [0.5, 0.6) is 0 Å². The van der Waals surface area contributed by atoms with Gasteiger partial charge in [-0.1, -0.05) is 12.8 Å². The minimum atomic E-state index is -0.684. The number of amides is 2.